The maximum absolute atomic E-state index is 11.7. The molecule has 1 fully saturated rings. The van der Waals surface area contributed by atoms with Gasteiger partial charge in [-0.15, -0.1) is 0 Å². The van der Waals surface area contributed by atoms with Crippen molar-refractivity contribution in [3.63, 3.8) is 0 Å². The second kappa shape index (κ2) is 6.58. The van der Waals surface area contributed by atoms with E-state index in [2.05, 4.69) is 6.58 Å². The number of Topliss-reactive ketones (excluding diaryl/α,β-unsaturated/α-hetero) is 1. The van der Waals surface area contributed by atoms with Crippen LogP contribution >= 0.6 is 0 Å². The highest BCUT2D eigenvalue weighted by atomic mass is 16.2. The van der Waals surface area contributed by atoms with Gasteiger partial charge in [-0.3, -0.25) is 9.59 Å². The molecule has 1 aliphatic carbocycles. The van der Waals surface area contributed by atoms with Gasteiger partial charge in [-0.1, -0.05) is 34.3 Å². The molecule has 3 nitrogen and oxygen atoms in total. The maximum atomic E-state index is 11.7. The highest BCUT2D eigenvalue weighted by Gasteiger charge is 2.53. The molecule has 0 aliphatic heterocycles. The number of hydrogen-bond donors (Lipinski definition) is 0. The molecule has 0 unspecified atom stereocenters. The summed E-state index contributed by atoms with van der Waals surface area (Å²) >= 11 is 0. The number of amides is 1. The van der Waals surface area contributed by atoms with Gasteiger partial charge in [0.2, 0.25) is 5.91 Å². The summed E-state index contributed by atoms with van der Waals surface area (Å²) < 4.78 is 0. The Hall–Kier alpha value is -1.12. The standard InChI is InChI=1S/C12H19NO2.C2H6/c1-5-11(15)13(8-9(2)3)12(6-7-12)10(4)14;1-2/h5,9H,1,6-8H2,2-4H3;1-2H3. The fraction of sp³-hybridized carbons (Fsp3) is 0.714. The number of hydrogen-bond acceptors (Lipinski definition) is 2. The van der Waals surface area contributed by atoms with E-state index in [-0.39, 0.29) is 11.7 Å². The van der Waals surface area contributed by atoms with E-state index in [4.69, 9.17) is 0 Å². The van der Waals surface area contributed by atoms with Crippen LogP contribution in [0.2, 0.25) is 0 Å². The van der Waals surface area contributed by atoms with E-state index in [1.54, 1.807) is 11.8 Å². The van der Waals surface area contributed by atoms with Crippen LogP contribution in [-0.4, -0.2) is 28.7 Å². The van der Waals surface area contributed by atoms with Gasteiger partial charge in [0.05, 0.1) is 0 Å². The van der Waals surface area contributed by atoms with E-state index in [1.165, 1.54) is 6.08 Å². The Morgan fingerprint density at radius 1 is 1.35 bits per heavy atom. The topological polar surface area (TPSA) is 37.4 Å². The van der Waals surface area contributed by atoms with Crippen molar-refractivity contribution >= 4 is 11.7 Å². The van der Waals surface area contributed by atoms with E-state index in [0.717, 1.165) is 12.8 Å². The highest BCUT2D eigenvalue weighted by molar-refractivity contribution is 5.97. The molecule has 1 aliphatic rings. The number of carbonyl (C=O) groups is 2. The third kappa shape index (κ3) is 3.69. The van der Waals surface area contributed by atoms with Gasteiger partial charge < -0.3 is 4.90 Å². The summed E-state index contributed by atoms with van der Waals surface area (Å²) in [6.45, 7) is 13.8. The molecule has 1 amide bonds. The Morgan fingerprint density at radius 3 is 2.06 bits per heavy atom. The molecule has 0 N–H and O–H groups in total. The Balaban J connectivity index is 0.00000121. The lowest BCUT2D eigenvalue weighted by Gasteiger charge is -2.30. The lowest BCUT2D eigenvalue weighted by molar-refractivity contribution is -0.137. The van der Waals surface area contributed by atoms with Gasteiger partial charge in [0.25, 0.3) is 0 Å². The Bertz CT molecular complexity index is 291. The molecule has 98 valence electrons. The number of nitrogens with zero attached hydrogens (tertiary/aromatic N) is 1. The van der Waals surface area contributed by atoms with Crippen molar-refractivity contribution in [2.24, 2.45) is 5.92 Å². The number of rotatable bonds is 5. The molecule has 1 rings (SSSR count). The highest BCUT2D eigenvalue weighted by Crippen LogP contribution is 2.43. The fourth-order valence-corrected chi connectivity index (χ4v) is 1.88. The molecule has 1 saturated carbocycles. The lowest BCUT2D eigenvalue weighted by Crippen LogP contribution is -2.47. The SMILES string of the molecule is C=CC(=O)N(CC(C)C)C1(C(C)=O)CC1.CC. The molecule has 0 saturated heterocycles. The summed E-state index contributed by atoms with van der Waals surface area (Å²) in [5.74, 6) is 0.334. The number of carbonyl (C=O) groups excluding carboxylic acids is 2. The van der Waals surface area contributed by atoms with E-state index in [1.807, 2.05) is 27.7 Å². The van der Waals surface area contributed by atoms with Crippen LogP contribution < -0.4 is 0 Å². The number of ketones is 1. The van der Waals surface area contributed by atoms with Gasteiger partial charge in [-0.25, -0.2) is 0 Å². The van der Waals surface area contributed by atoms with Crippen LogP contribution in [0.4, 0.5) is 0 Å². The summed E-state index contributed by atoms with van der Waals surface area (Å²) in [5, 5.41) is 0. The van der Waals surface area contributed by atoms with E-state index >= 15 is 0 Å². The van der Waals surface area contributed by atoms with Crippen LogP contribution in [-0.2, 0) is 9.59 Å². The third-order valence-electron chi connectivity index (χ3n) is 2.88. The Morgan fingerprint density at radius 2 is 1.82 bits per heavy atom. The molecule has 0 aromatic heterocycles. The van der Waals surface area contributed by atoms with Crippen LogP contribution in [0.15, 0.2) is 12.7 Å². The first-order valence-electron chi connectivity index (χ1n) is 6.39. The molecule has 0 aromatic rings. The first kappa shape index (κ1) is 15.9. The summed E-state index contributed by atoms with van der Waals surface area (Å²) in [7, 11) is 0. The van der Waals surface area contributed by atoms with E-state index < -0.39 is 5.54 Å². The molecule has 0 atom stereocenters. The van der Waals surface area contributed by atoms with Crippen LogP contribution in [0.3, 0.4) is 0 Å². The molecule has 17 heavy (non-hydrogen) atoms. The average molecular weight is 239 g/mol. The molecule has 0 spiro atoms. The largest absolute Gasteiger partial charge is 0.326 e. The smallest absolute Gasteiger partial charge is 0.246 e. The van der Waals surface area contributed by atoms with E-state index in [9.17, 15) is 9.59 Å². The molecule has 0 aromatic carbocycles. The normalized spacial score (nSPS) is 15.6. The molecule has 0 bridgehead atoms. The minimum Gasteiger partial charge on any atom is -0.326 e. The fourth-order valence-electron chi connectivity index (χ4n) is 1.88. The zero-order valence-electron chi connectivity index (χ0n) is 11.7. The summed E-state index contributed by atoms with van der Waals surface area (Å²) in [4.78, 5) is 24.9. The van der Waals surface area contributed by atoms with Crippen LogP contribution in [0.1, 0.15) is 47.5 Å². The second-order valence-corrected chi connectivity index (χ2v) is 4.63. The third-order valence-corrected chi connectivity index (χ3v) is 2.88. The van der Waals surface area contributed by atoms with Gasteiger partial charge in [0.1, 0.15) is 5.54 Å². The van der Waals surface area contributed by atoms with Gasteiger partial charge in [-0.2, -0.15) is 0 Å². The molecule has 0 heterocycles. The van der Waals surface area contributed by atoms with Crippen molar-refractivity contribution < 1.29 is 9.59 Å². The van der Waals surface area contributed by atoms with E-state index in [0.29, 0.717) is 12.5 Å². The first-order chi connectivity index (χ1) is 7.94. The van der Waals surface area contributed by atoms with Crippen molar-refractivity contribution in [3.8, 4) is 0 Å². The second-order valence-electron chi connectivity index (χ2n) is 4.63. The molecular formula is C14H25NO2. The first-order valence-corrected chi connectivity index (χ1v) is 6.39. The average Bonchev–Trinajstić information content (AvgIpc) is 3.08. The molecular weight excluding hydrogens is 214 g/mol. The summed E-state index contributed by atoms with van der Waals surface area (Å²) in [6, 6.07) is 0. The quantitative estimate of drug-likeness (QED) is 0.692. The van der Waals surface area contributed by atoms with Crippen LogP contribution in [0.25, 0.3) is 0 Å². The predicted octanol–water partition coefficient (Wildman–Crippen LogP) is 2.80. The van der Waals surface area contributed by atoms with Gasteiger partial charge in [-0.05, 0) is 31.8 Å². The lowest BCUT2D eigenvalue weighted by atomic mass is 10.1. The summed E-state index contributed by atoms with van der Waals surface area (Å²) in [6.07, 6.45) is 2.90. The Kier molecular flexibility index (Phi) is 6.14. The van der Waals surface area contributed by atoms with Gasteiger partial charge in [0.15, 0.2) is 5.78 Å². The minimum absolute atomic E-state index is 0.0957. The minimum atomic E-state index is -0.504. The van der Waals surface area contributed by atoms with Crippen molar-refractivity contribution in [3.05, 3.63) is 12.7 Å². The van der Waals surface area contributed by atoms with Gasteiger partial charge >= 0.3 is 0 Å². The van der Waals surface area contributed by atoms with Crippen LogP contribution in [0, 0.1) is 5.92 Å². The zero-order chi connectivity index (χ0) is 13.6. The predicted molar refractivity (Wildman–Crippen MR) is 70.7 cm³/mol. The summed E-state index contributed by atoms with van der Waals surface area (Å²) in [5.41, 5.74) is -0.504. The maximum Gasteiger partial charge on any atom is 0.246 e. The molecule has 0 radical (unpaired) electrons. The van der Waals surface area contributed by atoms with Crippen LogP contribution in [0.5, 0.6) is 0 Å². The van der Waals surface area contributed by atoms with Crippen molar-refractivity contribution in [1.29, 1.82) is 0 Å². The Labute approximate surface area is 105 Å². The van der Waals surface area contributed by atoms with Gasteiger partial charge in [0, 0.05) is 6.54 Å². The van der Waals surface area contributed by atoms with Crippen molar-refractivity contribution in [2.45, 2.75) is 53.0 Å². The monoisotopic (exact) mass is 239 g/mol. The zero-order valence-corrected chi connectivity index (χ0v) is 11.7. The van der Waals surface area contributed by atoms with Crippen molar-refractivity contribution in [1.82, 2.24) is 4.90 Å². The van der Waals surface area contributed by atoms with Crippen molar-refractivity contribution in [2.75, 3.05) is 6.54 Å². The molecule has 3 heteroatoms.